The van der Waals surface area contributed by atoms with E-state index in [9.17, 15) is 4.79 Å². The quantitative estimate of drug-likeness (QED) is 0.186. The molecule has 5 rings (SSSR count). The van der Waals surface area contributed by atoms with Gasteiger partial charge >= 0.3 is 5.97 Å². The van der Waals surface area contributed by atoms with E-state index in [-0.39, 0.29) is 6.61 Å². The van der Waals surface area contributed by atoms with Gasteiger partial charge < -0.3 is 14.8 Å². The van der Waals surface area contributed by atoms with Gasteiger partial charge in [0.05, 0.1) is 12.2 Å². The number of allylic oxidation sites excluding steroid dienone is 1. The zero-order valence-corrected chi connectivity index (χ0v) is 22.6. The highest BCUT2D eigenvalue weighted by Gasteiger charge is 2.35. The Labute approximate surface area is 230 Å². The van der Waals surface area contributed by atoms with Gasteiger partial charge in [-0.1, -0.05) is 84.0 Å². The van der Waals surface area contributed by atoms with Crippen LogP contribution in [0.3, 0.4) is 0 Å². The lowest BCUT2D eigenvalue weighted by atomic mass is 9.95. The van der Waals surface area contributed by atoms with Gasteiger partial charge in [0.15, 0.2) is 0 Å². The summed E-state index contributed by atoms with van der Waals surface area (Å²) < 4.78 is 13.2. The van der Waals surface area contributed by atoms with E-state index in [2.05, 4.69) is 5.32 Å². The zero-order chi connectivity index (χ0) is 26.5. The van der Waals surface area contributed by atoms with Crippen molar-refractivity contribution in [1.29, 1.82) is 0 Å². The molecule has 1 aliphatic heterocycles. The minimum atomic E-state index is -0.535. The summed E-state index contributed by atoms with van der Waals surface area (Å²) in [5.41, 5.74) is 4.06. The molecule has 4 aromatic rings. The monoisotopic (exact) mass is 546 g/mol. The maximum atomic E-state index is 13.1. The van der Waals surface area contributed by atoms with Gasteiger partial charge in [0.25, 0.3) is 0 Å². The van der Waals surface area contributed by atoms with E-state index >= 15 is 0 Å². The number of thioether (sulfide) groups is 1. The molecule has 0 bridgehead atoms. The molecular weight excluding hydrogens is 520 g/mol. The second-order valence-corrected chi connectivity index (χ2v) is 10.0. The van der Waals surface area contributed by atoms with Crippen LogP contribution >= 0.6 is 23.4 Å². The number of nitrogens with one attached hydrogen (secondary N) is 1. The van der Waals surface area contributed by atoms with Gasteiger partial charge in [0.2, 0.25) is 11.1 Å². The van der Waals surface area contributed by atoms with Crippen LogP contribution in [0, 0.1) is 0 Å². The van der Waals surface area contributed by atoms with Crippen LogP contribution in [-0.4, -0.2) is 27.3 Å². The van der Waals surface area contributed by atoms with E-state index in [1.165, 1.54) is 11.8 Å². The summed E-state index contributed by atoms with van der Waals surface area (Å²) in [7, 11) is 0. The number of nitrogens with zero attached hydrogens (tertiary/aromatic N) is 3. The number of halogens is 1. The molecular formula is C29H27ClN4O3S. The average molecular weight is 547 g/mol. The number of hydrogen-bond acceptors (Lipinski definition) is 7. The molecule has 1 aromatic heterocycles. The number of aromatic nitrogens is 3. The third kappa shape index (κ3) is 5.71. The second kappa shape index (κ2) is 11.8. The Bertz CT molecular complexity index is 1470. The lowest BCUT2D eigenvalue weighted by Gasteiger charge is -2.28. The predicted octanol–water partition coefficient (Wildman–Crippen LogP) is 6.65. The number of esters is 1. The lowest BCUT2D eigenvalue weighted by molar-refractivity contribution is -0.139. The number of ether oxygens (including phenoxy) is 2. The summed E-state index contributed by atoms with van der Waals surface area (Å²) in [6.07, 6.45) is 0. The Hall–Kier alpha value is -3.75. The largest absolute Gasteiger partial charge is 0.489 e. The molecule has 0 spiro atoms. The summed E-state index contributed by atoms with van der Waals surface area (Å²) in [6.45, 7) is 4.35. The van der Waals surface area contributed by atoms with E-state index in [0.717, 1.165) is 16.7 Å². The molecule has 38 heavy (non-hydrogen) atoms. The molecule has 1 aliphatic rings. The van der Waals surface area contributed by atoms with E-state index in [1.807, 2.05) is 85.8 Å². The number of carbonyl (C=O) groups is 1. The van der Waals surface area contributed by atoms with Crippen LogP contribution in [0.15, 0.2) is 95.3 Å². The first kappa shape index (κ1) is 25.9. The fourth-order valence-corrected chi connectivity index (χ4v) is 5.36. The van der Waals surface area contributed by atoms with Gasteiger partial charge in [-0.25, -0.2) is 9.48 Å². The molecule has 2 heterocycles. The van der Waals surface area contributed by atoms with Crippen molar-refractivity contribution in [3.63, 3.8) is 0 Å². The molecule has 1 atom stereocenters. The predicted molar refractivity (Wildman–Crippen MR) is 149 cm³/mol. The average Bonchev–Trinajstić information content (AvgIpc) is 3.34. The first-order valence-corrected chi connectivity index (χ1v) is 13.6. The van der Waals surface area contributed by atoms with Crippen molar-refractivity contribution in [2.45, 2.75) is 37.4 Å². The van der Waals surface area contributed by atoms with Crippen LogP contribution in [0.4, 0.5) is 5.95 Å². The third-order valence-corrected chi connectivity index (χ3v) is 7.32. The van der Waals surface area contributed by atoms with E-state index in [0.29, 0.717) is 45.5 Å². The van der Waals surface area contributed by atoms with Crippen LogP contribution in [0.2, 0.25) is 5.02 Å². The second-order valence-electron chi connectivity index (χ2n) is 8.68. The minimum absolute atomic E-state index is 0.270. The number of benzene rings is 3. The Kier molecular flexibility index (Phi) is 8.00. The van der Waals surface area contributed by atoms with Crippen molar-refractivity contribution in [1.82, 2.24) is 14.8 Å². The molecule has 0 saturated heterocycles. The topological polar surface area (TPSA) is 78.3 Å². The van der Waals surface area contributed by atoms with Crippen molar-refractivity contribution in [3.8, 4) is 5.75 Å². The van der Waals surface area contributed by atoms with Crippen molar-refractivity contribution in [2.24, 2.45) is 0 Å². The molecule has 0 aliphatic carbocycles. The number of carbonyl (C=O) groups excluding carboxylic acids is 1. The molecule has 194 valence electrons. The van der Waals surface area contributed by atoms with E-state index < -0.39 is 12.0 Å². The fraction of sp³-hybridized carbons (Fsp3) is 0.207. The van der Waals surface area contributed by atoms with Gasteiger partial charge in [0, 0.05) is 16.5 Å². The molecule has 0 amide bonds. The van der Waals surface area contributed by atoms with E-state index in [1.54, 1.807) is 11.6 Å². The first-order chi connectivity index (χ1) is 18.5. The molecule has 0 radical (unpaired) electrons. The number of rotatable bonds is 9. The number of fused-ring (bicyclic) bond motifs is 1. The zero-order valence-electron chi connectivity index (χ0n) is 21.1. The van der Waals surface area contributed by atoms with Crippen molar-refractivity contribution in [3.05, 3.63) is 112 Å². The van der Waals surface area contributed by atoms with E-state index in [4.69, 9.17) is 31.2 Å². The Balaban J connectivity index is 1.46. The van der Waals surface area contributed by atoms with Crippen molar-refractivity contribution >= 4 is 35.3 Å². The highest BCUT2D eigenvalue weighted by atomic mass is 35.5. The molecule has 9 heteroatoms. The Morgan fingerprint density at radius 2 is 1.87 bits per heavy atom. The molecule has 0 saturated carbocycles. The van der Waals surface area contributed by atoms with Gasteiger partial charge in [-0.3, -0.25) is 0 Å². The highest BCUT2D eigenvalue weighted by molar-refractivity contribution is 7.98. The van der Waals surface area contributed by atoms with Gasteiger partial charge in [-0.15, -0.1) is 5.10 Å². The molecule has 0 fully saturated rings. The first-order valence-electron chi connectivity index (χ1n) is 12.3. The van der Waals surface area contributed by atoms with Crippen LogP contribution in [0.5, 0.6) is 5.75 Å². The standard InChI is InChI=1S/C29H27ClN4O3S/c1-3-36-27(35)25-19(2)31-28-32-29(38-18-22-12-7-8-15-24(22)30)33-34(28)26(25)21-13-9-14-23(16-21)37-17-20-10-5-4-6-11-20/h4-16,26H,3,17-18H2,1-2H3,(H,31,32,33). The summed E-state index contributed by atoms with van der Waals surface area (Å²) in [6, 6.07) is 24.9. The minimum Gasteiger partial charge on any atom is -0.489 e. The molecule has 3 aromatic carbocycles. The lowest BCUT2D eigenvalue weighted by Crippen LogP contribution is -2.29. The van der Waals surface area contributed by atoms with Crippen LogP contribution in [0.1, 0.15) is 36.6 Å². The Morgan fingerprint density at radius 1 is 1.08 bits per heavy atom. The third-order valence-electron chi connectivity index (χ3n) is 6.07. The smallest absolute Gasteiger partial charge is 0.338 e. The maximum absolute atomic E-state index is 13.1. The van der Waals surface area contributed by atoms with Crippen LogP contribution < -0.4 is 10.1 Å². The summed E-state index contributed by atoms with van der Waals surface area (Å²) in [4.78, 5) is 17.8. The van der Waals surface area contributed by atoms with Gasteiger partial charge in [-0.05, 0) is 48.7 Å². The summed E-state index contributed by atoms with van der Waals surface area (Å²) in [5, 5.41) is 9.30. The molecule has 7 nitrogen and oxygen atoms in total. The maximum Gasteiger partial charge on any atom is 0.338 e. The summed E-state index contributed by atoms with van der Waals surface area (Å²) in [5.74, 6) is 1.47. The Morgan fingerprint density at radius 3 is 2.66 bits per heavy atom. The normalized spacial score (nSPS) is 14.6. The summed E-state index contributed by atoms with van der Waals surface area (Å²) >= 11 is 7.82. The number of anilines is 1. The van der Waals surface area contributed by atoms with Gasteiger partial charge in [-0.2, -0.15) is 4.98 Å². The van der Waals surface area contributed by atoms with Crippen LogP contribution in [0.25, 0.3) is 0 Å². The molecule has 1 unspecified atom stereocenters. The highest BCUT2D eigenvalue weighted by Crippen LogP contribution is 2.38. The fourth-order valence-electron chi connectivity index (χ4n) is 4.25. The van der Waals surface area contributed by atoms with Crippen molar-refractivity contribution in [2.75, 3.05) is 11.9 Å². The number of hydrogen-bond donors (Lipinski definition) is 1. The SMILES string of the molecule is CCOC(=O)C1=C(C)Nc2nc(SCc3ccccc3Cl)nn2C1c1cccc(OCc2ccccc2)c1. The molecule has 1 N–H and O–H groups in total. The van der Waals surface area contributed by atoms with Crippen molar-refractivity contribution < 1.29 is 14.3 Å². The van der Waals surface area contributed by atoms with Gasteiger partial charge in [0.1, 0.15) is 18.4 Å². The van der Waals surface area contributed by atoms with Crippen LogP contribution in [-0.2, 0) is 21.9 Å².